The first kappa shape index (κ1) is 30.0. The van der Waals surface area contributed by atoms with Crippen LogP contribution in [0.3, 0.4) is 0 Å². The number of carbonyl (C=O) groups is 2. The highest BCUT2D eigenvalue weighted by Gasteiger charge is 2.54. The van der Waals surface area contributed by atoms with Gasteiger partial charge in [0, 0.05) is 18.3 Å². The number of hydrogen-bond donors (Lipinski definition) is 2. The Balaban J connectivity index is 1.45. The smallest absolute Gasteiger partial charge is 0.311 e. The van der Waals surface area contributed by atoms with Crippen molar-refractivity contribution in [2.45, 2.75) is 57.0 Å². The topological polar surface area (TPSA) is 151 Å². The molecule has 11 nitrogen and oxygen atoms in total. The second kappa shape index (κ2) is 11.3. The number of aryl methyl sites for hydroxylation is 1. The first-order valence-corrected chi connectivity index (χ1v) is 17.0. The highest BCUT2D eigenvalue weighted by Crippen LogP contribution is 2.51. The lowest BCUT2D eigenvalue weighted by Crippen LogP contribution is -2.50. The highest BCUT2D eigenvalue weighted by molar-refractivity contribution is 7.92. The van der Waals surface area contributed by atoms with E-state index in [0.717, 1.165) is 31.6 Å². The molecule has 2 aromatic carbocycles. The van der Waals surface area contributed by atoms with Crippen molar-refractivity contribution >= 4 is 49.1 Å². The minimum Gasteiger partial charge on any atom is -0.466 e. The van der Waals surface area contributed by atoms with Crippen LogP contribution < -0.4 is 10.0 Å². The second-order valence-electron chi connectivity index (χ2n) is 11.1. The van der Waals surface area contributed by atoms with E-state index in [1.807, 2.05) is 0 Å². The van der Waals surface area contributed by atoms with E-state index in [9.17, 15) is 30.8 Å². The van der Waals surface area contributed by atoms with E-state index in [-0.39, 0.29) is 53.1 Å². The molecule has 0 aromatic heterocycles. The third-order valence-corrected chi connectivity index (χ3v) is 10.1. The number of carbonyl (C=O) groups excluding carboxylic acids is 2. The van der Waals surface area contributed by atoms with Crippen LogP contribution in [0.5, 0.6) is 0 Å². The molecule has 2 unspecified atom stereocenters. The number of halogens is 1. The zero-order chi connectivity index (χ0) is 30.4. The molecule has 42 heavy (non-hydrogen) atoms. The standard InChI is InChI=1S/C28H33FN4O7S2/c1-4-40-28(35)26-18-7-8-19(12-18)27(26)33(15-17-6-5-16(2)21(29)11-17)25(34)14-24-30-22-10-9-20(31-41(3,36)37)13-23(22)42(38,39)32-24/h5-6,9-11,13,18-19,26-27,31H,4,7-8,12,14-15H2,1-3H3,(H,30,32)/t18-,19+,26?,27?/m0/s1. The van der Waals surface area contributed by atoms with Crippen LogP contribution in [0.2, 0.25) is 0 Å². The normalized spacial score (nSPS) is 23.9. The molecule has 5 rings (SSSR count). The van der Waals surface area contributed by atoms with Crippen molar-refractivity contribution in [3.05, 3.63) is 53.3 Å². The van der Waals surface area contributed by atoms with E-state index in [2.05, 4.69) is 14.4 Å². The number of nitrogens with one attached hydrogen (secondary N) is 2. The van der Waals surface area contributed by atoms with Gasteiger partial charge in [-0.3, -0.25) is 14.3 Å². The Bertz CT molecular complexity index is 1680. The lowest BCUT2D eigenvalue weighted by Gasteiger charge is -2.39. The zero-order valence-corrected chi connectivity index (χ0v) is 25.1. The zero-order valence-electron chi connectivity index (χ0n) is 23.5. The van der Waals surface area contributed by atoms with Crippen molar-refractivity contribution in [1.82, 2.24) is 4.90 Å². The summed E-state index contributed by atoms with van der Waals surface area (Å²) >= 11 is 0. The number of benzene rings is 2. The fourth-order valence-electron chi connectivity index (χ4n) is 6.38. The van der Waals surface area contributed by atoms with Crippen molar-refractivity contribution < 1.29 is 35.6 Å². The molecule has 0 radical (unpaired) electrons. The number of esters is 1. The van der Waals surface area contributed by atoms with Crippen LogP contribution in [0.15, 0.2) is 45.7 Å². The van der Waals surface area contributed by atoms with E-state index in [0.29, 0.717) is 11.1 Å². The van der Waals surface area contributed by atoms with Gasteiger partial charge in [-0.25, -0.2) is 12.8 Å². The summed E-state index contributed by atoms with van der Waals surface area (Å²) in [5, 5.41) is 2.88. The molecular weight excluding hydrogens is 587 g/mol. The maximum atomic E-state index is 14.5. The molecule has 2 aromatic rings. The molecule has 1 aliphatic heterocycles. The van der Waals surface area contributed by atoms with E-state index in [1.54, 1.807) is 30.9 Å². The maximum Gasteiger partial charge on any atom is 0.311 e. The van der Waals surface area contributed by atoms with Gasteiger partial charge in [0.2, 0.25) is 15.9 Å². The molecule has 2 N–H and O–H groups in total. The van der Waals surface area contributed by atoms with Crippen LogP contribution in [0, 0.1) is 30.5 Å². The average molecular weight is 621 g/mol. The highest BCUT2D eigenvalue weighted by atomic mass is 32.2. The van der Waals surface area contributed by atoms with Gasteiger partial charge in [0.05, 0.1) is 30.9 Å². The lowest BCUT2D eigenvalue weighted by molar-refractivity contribution is -0.154. The maximum absolute atomic E-state index is 14.5. The summed E-state index contributed by atoms with van der Waals surface area (Å²) in [5.41, 5.74) is 1.19. The number of amides is 1. The van der Waals surface area contributed by atoms with Crippen LogP contribution >= 0.6 is 0 Å². The molecule has 0 saturated heterocycles. The van der Waals surface area contributed by atoms with Gasteiger partial charge in [-0.1, -0.05) is 12.1 Å². The number of anilines is 2. The number of ether oxygens (including phenoxy) is 1. The van der Waals surface area contributed by atoms with Crippen molar-refractivity contribution in [2.75, 3.05) is 22.9 Å². The first-order chi connectivity index (χ1) is 19.8. The molecule has 1 amide bonds. The molecule has 2 aliphatic carbocycles. The average Bonchev–Trinajstić information content (AvgIpc) is 3.51. The second-order valence-corrected chi connectivity index (χ2v) is 14.4. The van der Waals surface area contributed by atoms with Crippen molar-refractivity contribution in [1.29, 1.82) is 0 Å². The number of amidine groups is 1. The largest absolute Gasteiger partial charge is 0.466 e. The number of hydrogen-bond acceptors (Lipinski definition) is 8. The Hall–Kier alpha value is -3.52. The minimum absolute atomic E-state index is 0.0248. The number of sulfonamides is 2. The fourth-order valence-corrected chi connectivity index (χ4v) is 8.11. The van der Waals surface area contributed by atoms with E-state index in [1.165, 1.54) is 18.2 Å². The van der Waals surface area contributed by atoms with E-state index >= 15 is 0 Å². The van der Waals surface area contributed by atoms with Gasteiger partial charge in [-0.15, -0.1) is 4.40 Å². The van der Waals surface area contributed by atoms with Crippen LogP contribution in [-0.4, -0.2) is 58.4 Å². The predicted molar refractivity (Wildman–Crippen MR) is 154 cm³/mol. The molecule has 1 heterocycles. The van der Waals surface area contributed by atoms with Gasteiger partial charge < -0.3 is 15.0 Å². The fraction of sp³-hybridized carbons (Fsp3) is 0.464. The molecule has 3 aliphatic rings. The van der Waals surface area contributed by atoms with Crippen LogP contribution in [-0.2, 0) is 40.9 Å². The summed E-state index contributed by atoms with van der Waals surface area (Å²) in [4.78, 5) is 28.4. The Morgan fingerprint density at radius 3 is 2.60 bits per heavy atom. The summed E-state index contributed by atoms with van der Waals surface area (Å²) < 4.78 is 75.2. The molecule has 2 fully saturated rings. The summed E-state index contributed by atoms with van der Waals surface area (Å²) in [5.74, 6) is -1.79. The van der Waals surface area contributed by atoms with Gasteiger partial charge in [-0.2, -0.15) is 8.42 Å². The molecule has 226 valence electrons. The minimum atomic E-state index is -4.27. The predicted octanol–water partition coefficient (Wildman–Crippen LogP) is 3.42. The van der Waals surface area contributed by atoms with E-state index in [4.69, 9.17) is 4.74 Å². The van der Waals surface area contributed by atoms with Crippen molar-refractivity contribution in [3.8, 4) is 0 Å². The van der Waals surface area contributed by atoms with Gasteiger partial charge in [-0.05, 0) is 80.3 Å². The summed E-state index contributed by atoms with van der Waals surface area (Å²) in [7, 11) is -7.91. The third-order valence-electron chi connectivity index (χ3n) is 8.09. The monoisotopic (exact) mass is 620 g/mol. The van der Waals surface area contributed by atoms with Gasteiger partial charge in [0.1, 0.15) is 16.5 Å². The summed E-state index contributed by atoms with van der Waals surface area (Å²) in [6.07, 6.45) is 2.98. The SMILES string of the molecule is CCOC(=O)C1C(N(Cc2ccc(C)c(F)c2)C(=O)CC2=NS(=O)(=O)c3cc(NS(C)(=O)=O)ccc3N2)[C@@H]2CC[C@H]1C2. The van der Waals surface area contributed by atoms with Crippen molar-refractivity contribution in [3.63, 3.8) is 0 Å². The molecular formula is C28H33FN4O7S2. The third kappa shape index (κ3) is 6.14. The Kier molecular flexibility index (Phi) is 8.05. The molecule has 2 saturated carbocycles. The molecule has 4 atom stereocenters. The van der Waals surface area contributed by atoms with Crippen molar-refractivity contribution in [2.24, 2.45) is 22.2 Å². The van der Waals surface area contributed by atoms with Gasteiger partial charge >= 0.3 is 5.97 Å². The Labute approximate surface area is 244 Å². The van der Waals surface area contributed by atoms with Crippen LogP contribution in [0.25, 0.3) is 0 Å². The molecule has 14 heteroatoms. The molecule has 2 bridgehead atoms. The first-order valence-electron chi connectivity index (χ1n) is 13.7. The van der Waals surface area contributed by atoms with Gasteiger partial charge in [0.25, 0.3) is 10.0 Å². The Morgan fingerprint density at radius 1 is 1.17 bits per heavy atom. The number of rotatable bonds is 9. The Morgan fingerprint density at radius 2 is 1.90 bits per heavy atom. The lowest BCUT2D eigenvalue weighted by atomic mass is 9.83. The summed E-state index contributed by atoms with van der Waals surface area (Å²) in [6, 6.07) is 8.16. The van der Waals surface area contributed by atoms with Gasteiger partial charge in [0.15, 0.2) is 0 Å². The van der Waals surface area contributed by atoms with E-state index < -0.39 is 50.2 Å². The quantitative estimate of drug-likeness (QED) is 0.405. The number of fused-ring (bicyclic) bond motifs is 3. The number of nitrogens with zero attached hydrogens (tertiary/aromatic N) is 2. The molecule has 0 spiro atoms. The summed E-state index contributed by atoms with van der Waals surface area (Å²) in [6.45, 7) is 3.59. The van der Waals surface area contributed by atoms with Crippen LogP contribution in [0.1, 0.15) is 43.7 Å². The van der Waals surface area contributed by atoms with Crippen LogP contribution in [0.4, 0.5) is 15.8 Å².